The number of nitrogens with one attached hydrogen (secondary N) is 1. The van der Waals surface area contributed by atoms with Crippen LogP contribution in [0.5, 0.6) is 0 Å². The van der Waals surface area contributed by atoms with Crippen molar-refractivity contribution in [2.45, 2.75) is 17.9 Å². The van der Waals surface area contributed by atoms with Crippen LogP contribution in [-0.4, -0.2) is 41.8 Å². The molecule has 0 radical (unpaired) electrons. The molecule has 2 aromatic rings. The van der Waals surface area contributed by atoms with E-state index in [1.165, 1.54) is 10.5 Å². The van der Waals surface area contributed by atoms with Gasteiger partial charge in [0.2, 0.25) is 10.0 Å². The molecule has 0 amide bonds. The number of rotatable bonds is 2. The highest BCUT2D eigenvalue weighted by Crippen LogP contribution is 2.27. The Balaban J connectivity index is 2.06. The Bertz CT molecular complexity index is 699. The van der Waals surface area contributed by atoms with Gasteiger partial charge in [-0.3, -0.25) is 0 Å². The Labute approximate surface area is 111 Å². The van der Waals surface area contributed by atoms with Gasteiger partial charge in [0.15, 0.2) is 0 Å². The Morgan fingerprint density at radius 1 is 1.47 bits per heavy atom. The molecule has 2 atom stereocenters. The summed E-state index contributed by atoms with van der Waals surface area (Å²) in [6.07, 6.45) is 3.13. The Morgan fingerprint density at radius 2 is 2.26 bits per heavy atom. The third-order valence-corrected chi connectivity index (χ3v) is 5.54. The first-order chi connectivity index (χ1) is 9.00. The van der Waals surface area contributed by atoms with E-state index >= 15 is 0 Å². The second kappa shape index (κ2) is 4.29. The maximum absolute atomic E-state index is 12.6. The van der Waals surface area contributed by atoms with Crippen molar-refractivity contribution in [2.75, 3.05) is 13.1 Å². The topological polar surface area (TPSA) is 92.1 Å². The van der Waals surface area contributed by atoms with Crippen LogP contribution in [0.1, 0.15) is 6.92 Å². The molecule has 2 aromatic heterocycles. The zero-order chi connectivity index (χ0) is 13.6. The Kier molecular flexibility index (Phi) is 2.84. The van der Waals surface area contributed by atoms with Crippen molar-refractivity contribution in [3.05, 3.63) is 24.5 Å². The summed E-state index contributed by atoms with van der Waals surface area (Å²) in [5, 5.41) is 0.621. The van der Waals surface area contributed by atoms with Gasteiger partial charge in [0, 0.05) is 36.9 Å². The first-order valence-electron chi connectivity index (χ1n) is 6.18. The van der Waals surface area contributed by atoms with Crippen LogP contribution in [0.4, 0.5) is 0 Å². The van der Waals surface area contributed by atoms with Crippen LogP contribution in [0.3, 0.4) is 0 Å². The van der Waals surface area contributed by atoms with Gasteiger partial charge in [-0.2, -0.15) is 4.31 Å². The molecule has 0 aliphatic carbocycles. The number of nitrogens with zero attached hydrogens (tertiary/aromatic N) is 2. The minimum absolute atomic E-state index is 0.0990. The molecule has 3 heterocycles. The van der Waals surface area contributed by atoms with E-state index in [0.717, 1.165) is 0 Å². The minimum atomic E-state index is -3.51. The number of fused-ring (bicyclic) bond motifs is 1. The van der Waals surface area contributed by atoms with Crippen LogP contribution in [0, 0.1) is 5.92 Å². The van der Waals surface area contributed by atoms with Gasteiger partial charge in [-0.05, 0) is 18.1 Å². The highest BCUT2D eigenvalue weighted by Gasteiger charge is 2.36. The fourth-order valence-electron chi connectivity index (χ4n) is 2.43. The minimum Gasteiger partial charge on any atom is -0.345 e. The number of hydrogen-bond donors (Lipinski definition) is 2. The molecule has 1 aliphatic rings. The van der Waals surface area contributed by atoms with Crippen molar-refractivity contribution in [3.8, 4) is 0 Å². The van der Waals surface area contributed by atoms with E-state index in [-0.39, 0.29) is 16.9 Å². The van der Waals surface area contributed by atoms with E-state index in [1.807, 2.05) is 6.92 Å². The second-order valence-electron chi connectivity index (χ2n) is 5.02. The predicted molar refractivity (Wildman–Crippen MR) is 72.0 cm³/mol. The maximum Gasteiger partial charge on any atom is 0.245 e. The number of sulfonamides is 1. The molecular weight excluding hydrogens is 264 g/mol. The smallest absolute Gasteiger partial charge is 0.245 e. The van der Waals surface area contributed by atoms with E-state index in [1.54, 1.807) is 18.3 Å². The summed E-state index contributed by atoms with van der Waals surface area (Å²) >= 11 is 0. The number of aromatic amines is 1. The van der Waals surface area contributed by atoms with Crippen molar-refractivity contribution >= 4 is 21.1 Å². The second-order valence-corrected chi connectivity index (χ2v) is 6.92. The van der Waals surface area contributed by atoms with Crippen molar-refractivity contribution < 1.29 is 8.42 Å². The summed E-state index contributed by atoms with van der Waals surface area (Å²) in [5.41, 5.74) is 6.49. The molecule has 3 N–H and O–H groups in total. The fourth-order valence-corrected chi connectivity index (χ4v) is 4.15. The van der Waals surface area contributed by atoms with Gasteiger partial charge in [-0.25, -0.2) is 13.4 Å². The quantitative estimate of drug-likeness (QED) is 0.839. The van der Waals surface area contributed by atoms with Crippen molar-refractivity contribution in [2.24, 2.45) is 11.7 Å². The molecule has 7 heteroatoms. The Morgan fingerprint density at radius 3 is 2.95 bits per heavy atom. The molecular formula is C12H16N4O2S. The van der Waals surface area contributed by atoms with Crippen LogP contribution in [0.2, 0.25) is 0 Å². The zero-order valence-electron chi connectivity index (χ0n) is 10.6. The van der Waals surface area contributed by atoms with E-state index in [4.69, 9.17) is 5.73 Å². The monoisotopic (exact) mass is 280 g/mol. The third kappa shape index (κ3) is 1.94. The summed E-state index contributed by atoms with van der Waals surface area (Å²) in [7, 11) is -3.51. The molecule has 102 valence electrons. The summed E-state index contributed by atoms with van der Waals surface area (Å²) in [5.74, 6) is 0.179. The number of pyridine rings is 1. The molecule has 0 spiro atoms. The van der Waals surface area contributed by atoms with Crippen molar-refractivity contribution in [3.63, 3.8) is 0 Å². The number of nitrogens with two attached hydrogens (primary N) is 1. The highest BCUT2D eigenvalue weighted by atomic mass is 32.2. The third-order valence-electron chi connectivity index (χ3n) is 3.67. The maximum atomic E-state index is 12.6. The molecule has 1 saturated heterocycles. The number of H-pyrrole nitrogens is 1. The molecule has 2 unspecified atom stereocenters. The van der Waals surface area contributed by atoms with E-state index in [9.17, 15) is 8.42 Å². The van der Waals surface area contributed by atoms with Gasteiger partial charge in [-0.1, -0.05) is 6.92 Å². The summed E-state index contributed by atoms with van der Waals surface area (Å²) in [6, 6.07) is 3.39. The first kappa shape index (κ1) is 12.6. The molecule has 3 rings (SSSR count). The SMILES string of the molecule is CC1CN(S(=O)(=O)c2c[nH]c3ncccc23)CC1N. The van der Waals surface area contributed by atoms with E-state index in [0.29, 0.717) is 24.1 Å². The predicted octanol–water partition coefficient (Wildman–Crippen LogP) is 0.531. The lowest BCUT2D eigenvalue weighted by atomic mass is 10.1. The first-order valence-corrected chi connectivity index (χ1v) is 7.62. The molecule has 6 nitrogen and oxygen atoms in total. The van der Waals surface area contributed by atoms with E-state index in [2.05, 4.69) is 9.97 Å². The van der Waals surface area contributed by atoms with Crippen LogP contribution in [-0.2, 0) is 10.0 Å². The molecule has 19 heavy (non-hydrogen) atoms. The Hall–Kier alpha value is -1.44. The summed E-state index contributed by atoms with van der Waals surface area (Å²) < 4.78 is 26.7. The molecule has 0 bridgehead atoms. The lowest BCUT2D eigenvalue weighted by Crippen LogP contribution is -2.32. The van der Waals surface area contributed by atoms with Crippen LogP contribution in [0.25, 0.3) is 11.0 Å². The lowest BCUT2D eigenvalue weighted by molar-refractivity contribution is 0.465. The standard InChI is InChI=1S/C12H16N4O2S/c1-8-6-16(7-10(8)13)19(17,18)11-5-15-12-9(11)3-2-4-14-12/h2-5,8,10H,6-7,13H2,1H3,(H,14,15). The molecule has 1 aliphatic heterocycles. The van der Waals surface area contributed by atoms with Gasteiger partial charge in [-0.15, -0.1) is 0 Å². The van der Waals surface area contributed by atoms with Crippen molar-refractivity contribution in [1.29, 1.82) is 0 Å². The normalized spacial score (nSPS) is 25.2. The lowest BCUT2D eigenvalue weighted by Gasteiger charge is -2.15. The van der Waals surface area contributed by atoms with Crippen LogP contribution < -0.4 is 5.73 Å². The van der Waals surface area contributed by atoms with Crippen molar-refractivity contribution in [1.82, 2.24) is 14.3 Å². The highest BCUT2D eigenvalue weighted by molar-refractivity contribution is 7.89. The van der Waals surface area contributed by atoms with Crippen LogP contribution >= 0.6 is 0 Å². The van der Waals surface area contributed by atoms with Gasteiger partial charge < -0.3 is 10.7 Å². The van der Waals surface area contributed by atoms with Gasteiger partial charge in [0.25, 0.3) is 0 Å². The summed E-state index contributed by atoms with van der Waals surface area (Å²) in [4.78, 5) is 7.28. The van der Waals surface area contributed by atoms with E-state index < -0.39 is 10.0 Å². The molecule has 0 aromatic carbocycles. The summed E-state index contributed by atoms with van der Waals surface area (Å²) in [6.45, 7) is 2.81. The van der Waals surface area contributed by atoms with Gasteiger partial charge >= 0.3 is 0 Å². The van der Waals surface area contributed by atoms with Crippen LogP contribution in [0.15, 0.2) is 29.4 Å². The van der Waals surface area contributed by atoms with Gasteiger partial charge in [0.1, 0.15) is 10.5 Å². The molecule has 0 saturated carbocycles. The fraction of sp³-hybridized carbons (Fsp3) is 0.417. The zero-order valence-corrected chi connectivity index (χ0v) is 11.4. The number of hydrogen-bond acceptors (Lipinski definition) is 4. The average molecular weight is 280 g/mol. The van der Waals surface area contributed by atoms with Gasteiger partial charge in [0.05, 0.1) is 0 Å². The number of aromatic nitrogens is 2. The average Bonchev–Trinajstić information content (AvgIpc) is 2.94. The molecule has 1 fully saturated rings. The largest absolute Gasteiger partial charge is 0.345 e.